The van der Waals surface area contributed by atoms with Crippen LogP contribution in [0, 0.1) is 3.57 Å². The van der Waals surface area contributed by atoms with Gasteiger partial charge in [-0.05, 0) is 41.6 Å². The molecular formula is C10H12INO2. The van der Waals surface area contributed by atoms with Crippen LogP contribution in [-0.2, 0) is 0 Å². The van der Waals surface area contributed by atoms with Crippen molar-refractivity contribution in [1.82, 2.24) is 5.32 Å². The molecule has 0 spiro atoms. The molecule has 14 heavy (non-hydrogen) atoms. The second-order valence-corrected chi connectivity index (χ2v) is 4.20. The van der Waals surface area contributed by atoms with E-state index in [-0.39, 0.29) is 12.5 Å². The maximum Gasteiger partial charge on any atom is 0.252 e. The van der Waals surface area contributed by atoms with Crippen molar-refractivity contribution in [2.45, 2.75) is 13.0 Å². The van der Waals surface area contributed by atoms with Gasteiger partial charge in [0.15, 0.2) is 0 Å². The average Bonchev–Trinajstić information content (AvgIpc) is 2.15. The first kappa shape index (κ1) is 11.5. The standard InChI is InChI=1S/C10H12INO2/c1-7(13)6-12-10(14)8-4-2-3-5-9(8)11/h2-5,7,13H,6H2,1H3,(H,12,14)/t7-/m0/s1. The third-order valence-corrected chi connectivity index (χ3v) is 2.62. The molecular weight excluding hydrogens is 293 g/mol. The second-order valence-electron chi connectivity index (χ2n) is 3.04. The lowest BCUT2D eigenvalue weighted by atomic mass is 10.2. The summed E-state index contributed by atoms with van der Waals surface area (Å²) in [5.41, 5.74) is 0.647. The van der Waals surface area contributed by atoms with Crippen LogP contribution < -0.4 is 5.32 Å². The Labute approximate surface area is 96.7 Å². The lowest BCUT2D eigenvalue weighted by Gasteiger charge is -2.07. The van der Waals surface area contributed by atoms with E-state index < -0.39 is 6.10 Å². The molecule has 76 valence electrons. The summed E-state index contributed by atoms with van der Waals surface area (Å²) in [6.07, 6.45) is -0.514. The number of halogens is 1. The molecule has 1 rings (SSSR count). The molecule has 0 saturated carbocycles. The fourth-order valence-corrected chi connectivity index (χ4v) is 1.61. The molecule has 1 amide bonds. The van der Waals surface area contributed by atoms with Gasteiger partial charge >= 0.3 is 0 Å². The van der Waals surface area contributed by atoms with E-state index in [4.69, 9.17) is 5.11 Å². The van der Waals surface area contributed by atoms with Crippen molar-refractivity contribution in [3.05, 3.63) is 33.4 Å². The summed E-state index contributed by atoms with van der Waals surface area (Å²) >= 11 is 2.11. The maximum absolute atomic E-state index is 11.5. The van der Waals surface area contributed by atoms with E-state index in [9.17, 15) is 4.79 Å². The van der Waals surface area contributed by atoms with Gasteiger partial charge in [0.05, 0.1) is 11.7 Å². The molecule has 0 radical (unpaired) electrons. The van der Waals surface area contributed by atoms with Crippen molar-refractivity contribution >= 4 is 28.5 Å². The fourth-order valence-electron chi connectivity index (χ4n) is 0.981. The number of rotatable bonds is 3. The van der Waals surface area contributed by atoms with E-state index in [0.29, 0.717) is 5.56 Å². The maximum atomic E-state index is 11.5. The molecule has 3 nitrogen and oxygen atoms in total. The predicted molar refractivity (Wildman–Crippen MR) is 63.2 cm³/mol. The quantitative estimate of drug-likeness (QED) is 0.830. The zero-order valence-electron chi connectivity index (χ0n) is 7.83. The Morgan fingerprint density at radius 2 is 2.21 bits per heavy atom. The van der Waals surface area contributed by atoms with Gasteiger partial charge in [-0.1, -0.05) is 12.1 Å². The SMILES string of the molecule is C[C@H](O)CNC(=O)c1ccccc1I. The van der Waals surface area contributed by atoms with E-state index in [0.717, 1.165) is 3.57 Å². The highest BCUT2D eigenvalue weighted by molar-refractivity contribution is 14.1. The third-order valence-electron chi connectivity index (χ3n) is 1.68. The van der Waals surface area contributed by atoms with Crippen LogP contribution >= 0.6 is 22.6 Å². The Morgan fingerprint density at radius 1 is 1.57 bits per heavy atom. The second kappa shape index (κ2) is 5.31. The number of aliphatic hydroxyl groups is 1. The number of carbonyl (C=O) groups excluding carboxylic acids is 1. The number of hydrogen-bond donors (Lipinski definition) is 2. The van der Waals surface area contributed by atoms with Crippen LogP contribution in [0.25, 0.3) is 0 Å². The minimum atomic E-state index is -0.514. The molecule has 0 aliphatic heterocycles. The molecule has 1 aromatic rings. The highest BCUT2D eigenvalue weighted by atomic mass is 127. The molecule has 0 saturated heterocycles. The van der Waals surface area contributed by atoms with Gasteiger partial charge in [0.25, 0.3) is 5.91 Å². The lowest BCUT2D eigenvalue weighted by molar-refractivity contribution is 0.0923. The van der Waals surface area contributed by atoms with Crippen molar-refractivity contribution < 1.29 is 9.90 Å². The zero-order valence-corrected chi connectivity index (χ0v) is 9.98. The first-order valence-electron chi connectivity index (χ1n) is 4.32. The van der Waals surface area contributed by atoms with Gasteiger partial charge in [-0.15, -0.1) is 0 Å². The van der Waals surface area contributed by atoms with E-state index in [1.165, 1.54) is 0 Å². The largest absolute Gasteiger partial charge is 0.392 e. The van der Waals surface area contributed by atoms with Gasteiger partial charge < -0.3 is 10.4 Å². The Bertz CT molecular complexity index is 326. The number of aliphatic hydroxyl groups excluding tert-OH is 1. The van der Waals surface area contributed by atoms with E-state index in [2.05, 4.69) is 27.9 Å². The van der Waals surface area contributed by atoms with Crippen LogP contribution in [0.5, 0.6) is 0 Å². The van der Waals surface area contributed by atoms with Gasteiger partial charge in [-0.2, -0.15) is 0 Å². The summed E-state index contributed by atoms with van der Waals surface area (Å²) in [6.45, 7) is 1.92. The van der Waals surface area contributed by atoms with Gasteiger partial charge in [0.1, 0.15) is 0 Å². The molecule has 2 N–H and O–H groups in total. The highest BCUT2D eigenvalue weighted by Gasteiger charge is 2.08. The molecule has 0 aromatic heterocycles. The predicted octanol–water partition coefficient (Wildman–Crippen LogP) is 1.40. The van der Waals surface area contributed by atoms with Crippen molar-refractivity contribution in [3.63, 3.8) is 0 Å². The molecule has 1 aromatic carbocycles. The molecule has 0 bridgehead atoms. The smallest absolute Gasteiger partial charge is 0.252 e. The Balaban J connectivity index is 2.65. The molecule has 4 heteroatoms. The van der Waals surface area contributed by atoms with Gasteiger partial charge in [0.2, 0.25) is 0 Å². The average molecular weight is 305 g/mol. The summed E-state index contributed by atoms with van der Waals surface area (Å²) < 4.78 is 0.910. The zero-order chi connectivity index (χ0) is 10.6. The summed E-state index contributed by atoms with van der Waals surface area (Å²) in [5, 5.41) is 11.6. The molecule has 0 fully saturated rings. The van der Waals surface area contributed by atoms with Crippen LogP contribution in [-0.4, -0.2) is 23.7 Å². The topological polar surface area (TPSA) is 49.3 Å². The molecule has 0 aliphatic carbocycles. The van der Waals surface area contributed by atoms with Crippen molar-refractivity contribution in [2.75, 3.05) is 6.54 Å². The molecule has 1 atom stereocenters. The van der Waals surface area contributed by atoms with E-state index >= 15 is 0 Å². The minimum absolute atomic E-state index is 0.143. The number of carbonyl (C=O) groups is 1. The monoisotopic (exact) mass is 305 g/mol. The van der Waals surface area contributed by atoms with Crippen molar-refractivity contribution in [3.8, 4) is 0 Å². The number of benzene rings is 1. The first-order chi connectivity index (χ1) is 6.61. The van der Waals surface area contributed by atoms with Gasteiger partial charge in [0, 0.05) is 10.1 Å². The normalized spacial score (nSPS) is 12.2. The van der Waals surface area contributed by atoms with Crippen LogP contribution in [0.2, 0.25) is 0 Å². The first-order valence-corrected chi connectivity index (χ1v) is 5.40. The summed E-state index contributed by atoms with van der Waals surface area (Å²) in [7, 11) is 0. The summed E-state index contributed by atoms with van der Waals surface area (Å²) in [5.74, 6) is -0.143. The highest BCUT2D eigenvalue weighted by Crippen LogP contribution is 2.10. The number of nitrogens with one attached hydrogen (secondary N) is 1. The number of amides is 1. The van der Waals surface area contributed by atoms with Crippen molar-refractivity contribution in [1.29, 1.82) is 0 Å². The third kappa shape index (κ3) is 3.26. The van der Waals surface area contributed by atoms with Gasteiger partial charge in [-0.25, -0.2) is 0 Å². The number of hydrogen-bond acceptors (Lipinski definition) is 2. The Hall–Kier alpha value is -0.620. The van der Waals surface area contributed by atoms with Gasteiger partial charge in [-0.3, -0.25) is 4.79 Å². The Kier molecular flexibility index (Phi) is 4.34. The van der Waals surface area contributed by atoms with Crippen LogP contribution in [0.1, 0.15) is 17.3 Å². The summed E-state index contributed by atoms with van der Waals surface area (Å²) in [4.78, 5) is 11.5. The van der Waals surface area contributed by atoms with Crippen LogP contribution in [0.15, 0.2) is 24.3 Å². The minimum Gasteiger partial charge on any atom is -0.392 e. The summed E-state index contributed by atoms with van der Waals surface area (Å²) in [6, 6.07) is 7.34. The Morgan fingerprint density at radius 3 is 2.79 bits per heavy atom. The molecule has 0 unspecified atom stereocenters. The van der Waals surface area contributed by atoms with Crippen molar-refractivity contribution in [2.24, 2.45) is 0 Å². The molecule has 0 aliphatic rings. The van der Waals surface area contributed by atoms with E-state index in [1.54, 1.807) is 13.0 Å². The lowest BCUT2D eigenvalue weighted by Crippen LogP contribution is -2.30. The van der Waals surface area contributed by atoms with Crippen LogP contribution in [0.4, 0.5) is 0 Å². The fraction of sp³-hybridized carbons (Fsp3) is 0.300. The molecule has 0 heterocycles. The van der Waals surface area contributed by atoms with Crippen LogP contribution in [0.3, 0.4) is 0 Å². The van der Waals surface area contributed by atoms with E-state index in [1.807, 2.05) is 18.2 Å².